The molecule has 0 bridgehead atoms. The molecule has 3 N–H and O–H groups in total. The van der Waals surface area contributed by atoms with Gasteiger partial charge in [0.25, 0.3) is 0 Å². The summed E-state index contributed by atoms with van der Waals surface area (Å²) in [5.41, 5.74) is -0.262. The fourth-order valence-electron chi connectivity index (χ4n) is 4.12. The lowest BCUT2D eigenvalue weighted by molar-refractivity contribution is -0.0352. The Balaban J connectivity index is 1.72. The van der Waals surface area contributed by atoms with Gasteiger partial charge < -0.3 is 25.4 Å². The van der Waals surface area contributed by atoms with Crippen LogP contribution >= 0.6 is 0 Å². The Morgan fingerprint density at radius 3 is 2.34 bits per heavy atom. The van der Waals surface area contributed by atoms with E-state index in [1.54, 1.807) is 7.05 Å². The van der Waals surface area contributed by atoms with Gasteiger partial charge in [0.2, 0.25) is 0 Å². The first-order chi connectivity index (χ1) is 13.8. The van der Waals surface area contributed by atoms with Crippen molar-refractivity contribution in [2.24, 2.45) is 4.99 Å². The summed E-state index contributed by atoms with van der Waals surface area (Å²) in [6.45, 7) is 11.5. The van der Waals surface area contributed by atoms with Crippen LogP contribution in [0.4, 0.5) is 4.79 Å². The topological polar surface area (TPSA) is 87.2 Å². The molecule has 2 fully saturated rings. The van der Waals surface area contributed by atoms with Gasteiger partial charge >= 0.3 is 6.09 Å². The van der Waals surface area contributed by atoms with Gasteiger partial charge in [0.05, 0.1) is 13.2 Å². The van der Waals surface area contributed by atoms with Crippen LogP contribution in [0.1, 0.15) is 59.3 Å². The lowest BCUT2D eigenvalue weighted by Crippen LogP contribution is -2.60. The van der Waals surface area contributed by atoms with Crippen LogP contribution in [0.25, 0.3) is 0 Å². The standard InChI is InChI=1S/C21H41N5O3/c1-20(2,3)29-19(27)24-12-8-11-23-18(22-4)25-17-21(9-6-5-7-10-21)26-13-15-28-16-14-26/h5-17H2,1-4H3,(H,24,27)(H2,22,23,25). The lowest BCUT2D eigenvalue weighted by atomic mass is 9.80. The third-order valence-electron chi connectivity index (χ3n) is 5.59. The Bertz CT molecular complexity index is 521. The van der Waals surface area contributed by atoms with Gasteiger partial charge in [0, 0.05) is 45.3 Å². The molecule has 1 aliphatic heterocycles. The highest BCUT2D eigenvalue weighted by Crippen LogP contribution is 2.33. The van der Waals surface area contributed by atoms with E-state index in [0.717, 1.165) is 51.8 Å². The van der Waals surface area contributed by atoms with Gasteiger partial charge in [-0.15, -0.1) is 0 Å². The molecule has 29 heavy (non-hydrogen) atoms. The molecule has 1 amide bonds. The molecule has 0 aromatic rings. The van der Waals surface area contributed by atoms with Crippen molar-refractivity contribution < 1.29 is 14.3 Å². The molecule has 0 spiro atoms. The number of hydrogen-bond donors (Lipinski definition) is 3. The molecule has 1 heterocycles. The number of alkyl carbamates (subject to hydrolysis) is 1. The Morgan fingerprint density at radius 2 is 1.72 bits per heavy atom. The summed E-state index contributed by atoms with van der Waals surface area (Å²) in [5.74, 6) is 0.820. The van der Waals surface area contributed by atoms with Gasteiger partial charge in [-0.2, -0.15) is 0 Å². The minimum absolute atomic E-state index is 0.206. The van der Waals surface area contributed by atoms with E-state index in [1.165, 1.54) is 32.1 Å². The largest absolute Gasteiger partial charge is 0.444 e. The van der Waals surface area contributed by atoms with Crippen LogP contribution in [0.5, 0.6) is 0 Å². The van der Waals surface area contributed by atoms with Crippen LogP contribution in [0, 0.1) is 0 Å². The summed E-state index contributed by atoms with van der Waals surface area (Å²) in [6, 6.07) is 0. The van der Waals surface area contributed by atoms with Crippen LogP contribution in [-0.4, -0.2) is 81.1 Å². The summed E-state index contributed by atoms with van der Waals surface area (Å²) in [7, 11) is 1.80. The molecule has 1 saturated carbocycles. The summed E-state index contributed by atoms with van der Waals surface area (Å²) in [5, 5.41) is 9.69. The fraction of sp³-hybridized carbons (Fsp3) is 0.905. The summed E-state index contributed by atoms with van der Waals surface area (Å²) in [6.07, 6.45) is 6.82. The summed E-state index contributed by atoms with van der Waals surface area (Å²) < 4.78 is 10.8. The maximum Gasteiger partial charge on any atom is 0.407 e. The van der Waals surface area contributed by atoms with Gasteiger partial charge in [-0.3, -0.25) is 9.89 Å². The average molecular weight is 412 g/mol. The second kappa shape index (κ2) is 11.6. The molecule has 0 unspecified atom stereocenters. The van der Waals surface area contributed by atoms with E-state index < -0.39 is 5.60 Å². The zero-order chi connectivity index (χ0) is 21.2. The molecular formula is C21H41N5O3. The summed E-state index contributed by atoms with van der Waals surface area (Å²) in [4.78, 5) is 18.7. The van der Waals surface area contributed by atoms with Crippen molar-refractivity contribution in [2.45, 2.75) is 70.4 Å². The molecule has 8 heteroatoms. The molecule has 8 nitrogen and oxygen atoms in total. The number of ether oxygens (including phenoxy) is 2. The predicted octanol–water partition coefficient (Wildman–Crippen LogP) is 2.10. The Hall–Kier alpha value is -1.54. The third-order valence-corrected chi connectivity index (χ3v) is 5.59. The van der Waals surface area contributed by atoms with E-state index in [9.17, 15) is 4.79 Å². The maximum absolute atomic E-state index is 11.7. The Kier molecular flexibility index (Phi) is 9.49. The highest BCUT2D eigenvalue weighted by Gasteiger charge is 2.38. The predicted molar refractivity (Wildman–Crippen MR) is 116 cm³/mol. The molecule has 0 aromatic heterocycles. The van der Waals surface area contributed by atoms with Crippen LogP contribution < -0.4 is 16.0 Å². The first-order valence-corrected chi connectivity index (χ1v) is 11.1. The molecule has 0 radical (unpaired) electrons. The van der Waals surface area contributed by atoms with Crippen LogP contribution in [0.2, 0.25) is 0 Å². The number of hydrogen-bond acceptors (Lipinski definition) is 5. The second-order valence-corrected chi connectivity index (χ2v) is 9.02. The third kappa shape index (κ3) is 8.38. The van der Waals surface area contributed by atoms with Crippen molar-refractivity contribution in [1.29, 1.82) is 0 Å². The molecule has 2 rings (SSSR count). The minimum Gasteiger partial charge on any atom is -0.444 e. The zero-order valence-corrected chi connectivity index (χ0v) is 18.8. The number of rotatable bonds is 7. The van der Waals surface area contributed by atoms with Crippen LogP contribution in [0.3, 0.4) is 0 Å². The van der Waals surface area contributed by atoms with E-state index >= 15 is 0 Å². The van der Waals surface area contributed by atoms with Crippen molar-refractivity contribution in [3.63, 3.8) is 0 Å². The first kappa shape index (κ1) is 23.7. The molecule has 0 aromatic carbocycles. The number of guanidine groups is 1. The van der Waals surface area contributed by atoms with Gasteiger partial charge in [0.1, 0.15) is 5.60 Å². The molecule has 2 aliphatic rings. The van der Waals surface area contributed by atoms with Crippen molar-refractivity contribution in [2.75, 3.05) is 53.0 Å². The first-order valence-electron chi connectivity index (χ1n) is 11.1. The molecule has 1 aliphatic carbocycles. The maximum atomic E-state index is 11.7. The zero-order valence-electron chi connectivity index (χ0n) is 18.8. The fourth-order valence-corrected chi connectivity index (χ4v) is 4.12. The number of carbonyl (C=O) groups excluding carboxylic acids is 1. The second-order valence-electron chi connectivity index (χ2n) is 9.02. The number of nitrogens with zero attached hydrogens (tertiary/aromatic N) is 2. The quantitative estimate of drug-likeness (QED) is 0.338. The minimum atomic E-state index is -0.468. The number of amides is 1. The van der Waals surface area contributed by atoms with E-state index in [0.29, 0.717) is 6.54 Å². The monoisotopic (exact) mass is 411 g/mol. The number of carbonyl (C=O) groups is 1. The van der Waals surface area contributed by atoms with Crippen molar-refractivity contribution >= 4 is 12.1 Å². The average Bonchev–Trinajstić information content (AvgIpc) is 2.70. The normalized spacial score (nSPS) is 20.8. The van der Waals surface area contributed by atoms with E-state index in [1.807, 2.05) is 20.8 Å². The number of aliphatic imine (C=N–C) groups is 1. The molecule has 1 saturated heterocycles. The molecular weight excluding hydrogens is 370 g/mol. The van der Waals surface area contributed by atoms with Crippen LogP contribution in [-0.2, 0) is 9.47 Å². The Morgan fingerprint density at radius 1 is 1.07 bits per heavy atom. The van der Waals surface area contributed by atoms with Gasteiger partial charge in [-0.05, 0) is 40.0 Å². The molecule has 168 valence electrons. The van der Waals surface area contributed by atoms with Gasteiger partial charge in [0.15, 0.2) is 5.96 Å². The number of nitrogens with one attached hydrogen (secondary N) is 3. The molecule has 0 atom stereocenters. The van der Waals surface area contributed by atoms with Gasteiger partial charge in [-0.1, -0.05) is 19.3 Å². The van der Waals surface area contributed by atoms with E-state index in [4.69, 9.17) is 9.47 Å². The van der Waals surface area contributed by atoms with Gasteiger partial charge in [-0.25, -0.2) is 4.79 Å². The van der Waals surface area contributed by atoms with E-state index in [-0.39, 0.29) is 11.6 Å². The SMILES string of the molecule is CN=C(NCCCNC(=O)OC(C)(C)C)NCC1(N2CCOCC2)CCCCC1. The highest BCUT2D eigenvalue weighted by atomic mass is 16.6. The van der Waals surface area contributed by atoms with E-state index in [2.05, 4.69) is 25.8 Å². The highest BCUT2D eigenvalue weighted by molar-refractivity contribution is 5.79. The van der Waals surface area contributed by atoms with Crippen molar-refractivity contribution in [3.8, 4) is 0 Å². The lowest BCUT2D eigenvalue weighted by Gasteiger charge is -2.48. The Labute approximate surface area is 176 Å². The smallest absolute Gasteiger partial charge is 0.407 e. The van der Waals surface area contributed by atoms with Crippen molar-refractivity contribution in [3.05, 3.63) is 0 Å². The van der Waals surface area contributed by atoms with Crippen molar-refractivity contribution in [1.82, 2.24) is 20.9 Å². The van der Waals surface area contributed by atoms with Crippen LogP contribution in [0.15, 0.2) is 4.99 Å². The summed E-state index contributed by atoms with van der Waals surface area (Å²) >= 11 is 0. The number of morpholine rings is 1.